The smallest absolute Gasteiger partial charge is 0.272 e. The van der Waals surface area contributed by atoms with Crippen molar-refractivity contribution in [2.24, 2.45) is 0 Å². The van der Waals surface area contributed by atoms with Crippen LogP contribution in [-0.2, 0) is 19.6 Å². The summed E-state index contributed by atoms with van der Waals surface area (Å²) in [5.74, 6) is -1.44. The van der Waals surface area contributed by atoms with Gasteiger partial charge in [0, 0.05) is 24.2 Å². The highest BCUT2D eigenvalue weighted by Crippen LogP contribution is 2.26. The topological polar surface area (TPSA) is 113 Å². The quantitative estimate of drug-likeness (QED) is 0.525. The van der Waals surface area contributed by atoms with Gasteiger partial charge in [0.15, 0.2) is 0 Å². The Bertz CT molecular complexity index is 1320. The van der Waals surface area contributed by atoms with E-state index in [-0.39, 0.29) is 34.2 Å². The zero-order chi connectivity index (χ0) is 25.5. The van der Waals surface area contributed by atoms with Gasteiger partial charge in [0.2, 0.25) is 5.91 Å². The van der Waals surface area contributed by atoms with Crippen molar-refractivity contribution >= 4 is 33.4 Å². The highest BCUT2D eigenvalue weighted by Gasteiger charge is 2.32. The molecule has 0 saturated carbocycles. The summed E-state index contributed by atoms with van der Waals surface area (Å²) in [5.41, 5.74) is 0.588. The van der Waals surface area contributed by atoms with Crippen LogP contribution in [-0.4, -0.2) is 63.9 Å². The van der Waals surface area contributed by atoms with Crippen molar-refractivity contribution in [1.29, 1.82) is 0 Å². The number of sulfonamides is 1. The van der Waals surface area contributed by atoms with Gasteiger partial charge in [-0.15, -0.1) is 0 Å². The summed E-state index contributed by atoms with van der Waals surface area (Å²) in [6.45, 7) is 1.69. The standard InChI is InChI=1S/C26H25N3O6S/c30-24(28-15-17-35-18-16-28)19-27-25(31)20-11-13-23(14-12-20)36(33,34)29(22-9-5-2-6-10-22)26(32)21-7-3-1-4-8-21/h1-14H,15-19H2,(H,27,31). The van der Waals surface area contributed by atoms with Crippen LogP contribution in [0.2, 0.25) is 0 Å². The lowest BCUT2D eigenvalue weighted by Gasteiger charge is -2.26. The van der Waals surface area contributed by atoms with Crippen molar-refractivity contribution in [2.45, 2.75) is 4.90 Å². The number of carbonyl (C=O) groups is 3. The molecule has 3 amide bonds. The van der Waals surface area contributed by atoms with Gasteiger partial charge in [-0.1, -0.05) is 36.4 Å². The molecule has 0 spiro atoms. The van der Waals surface area contributed by atoms with E-state index in [1.165, 1.54) is 36.4 Å². The summed E-state index contributed by atoms with van der Waals surface area (Å²) < 4.78 is 33.1. The third-order valence-electron chi connectivity index (χ3n) is 5.61. The van der Waals surface area contributed by atoms with Gasteiger partial charge in [0.25, 0.3) is 21.8 Å². The Labute approximate surface area is 209 Å². The van der Waals surface area contributed by atoms with E-state index in [0.29, 0.717) is 26.3 Å². The van der Waals surface area contributed by atoms with Gasteiger partial charge in [0.1, 0.15) is 0 Å². The molecule has 1 saturated heterocycles. The van der Waals surface area contributed by atoms with E-state index < -0.39 is 21.8 Å². The van der Waals surface area contributed by atoms with E-state index in [9.17, 15) is 22.8 Å². The average Bonchev–Trinajstić information content (AvgIpc) is 2.93. The summed E-state index contributed by atoms with van der Waals surface area (Å²) >= 11 is 0. The molecular weight excluding hydrogens is 482 g/mol. The summed E-state index contributed by atoms with van der Waals surface area (Å²) in [6.07, 6.45) is 0. The first-order valence-corrected chi connectivity index (χ1v) is 12.8. The van der Waals surface area contributed by atoms with Crippen molar-refractivity contribution in [1.82, 2.24) is 10.2 Å². The molecule has 36 heavy (non-hydrogen) atoms. The number of hydrogen-bond acceptors (Lipinski definition) is 6. The van der Waals surface area contributed by atoms with E-state index in [0.717, 1.165) is 4.31 Å². The fraction of sp³-hybridized carbons (Fsp3) is 0.192. The van der Waals surface area contributed by atoms with E-state index in [4.69, 9.17) is 4.74 Å². The summed E-state index contributed by atoms with van der Waals surface area (Å²) in [4.78, 5) is 39.5. The lowest BCUT2D eigenvalue weighted by atomic mass is 10.2. The molecule has 1 aliphatic rings. The van der Waals surface area contributed by atoms with E-state index in [2.05, 4.69) is 5.32 Å². The van der Waals surface area contributed by atoms with Gasteiger partial charge >= 0.3 is 0 Å². The minimum Gasteiger partial charge on any atom is -0.378 e. The van der Waals surface area contributed by atoms with Gasteiger partial charge in [-0.05, 0) is 48.5 Å². The summed E-state index contributed by atoms with van der Waals surface area (Å²) in [6, 6.07) is 21.4. The lowest BCUT2D eigenvalue weighted by molar-refractivity contribution is -0.134. The normalized spacial score (nSPS) is 13.6. The predicted octanol–water partition coefficient (Wildman–Crippen LogP) is 2.31. The fourth-order valence-electron chi connectivity index (χ4n) is 3.69. The van der Waals surface area contributed by atoms with Crippen molar-refractivity contribution < 1.29 is 27.5 Å². The van der Waals surface area contributed by atoms with Gasteiger partial charge in [-0.2, -0.15) is 4.31 Å². The number of carbonyl (C=O) groups excluding carboxylic acids is 3. The largest absolute Gasteiger partial charge is 0.378 e. The number of ether oxygens (including phenoxy) is 1. The Morgan fingerprint density at radius 1 is 0.806 bits per heavy atom. The second-order valence-corrected chi connectivity index (χ2v) is 9.76. The van der Waals surface area contributed by atoms with Gasteiger partial charge in [-0.3, -0.25) is 14.4 Å². The monoisotopic (exact) mass is 507 g/mol. The molecule has 1 heterocycles. The number of morpholine rings is 1. The van der Waals surface area contributed by atoms with Crippen molar-refractivity contribution in [3.8, 4) is 0 Å². The molecule has 0 aromatic heterocycles. The molecule has 1 aliphatic heterocycles. The number of nitrogens with one attached hydrogen (secondary N) is 1. The van der Waals surface area contributed by atoms with Crippen LogP contribution in [0.3, 0.4) is 0 Å². The van der Waals surface area contributed by atoms with Crippen LogP contribution in [0.5, 0.6) is 0 Å². The number of benzene rings is 3. The first-order chi connectivity index (χ1) is 17.4. The van der Waals surface area contributed by atoms with Crippen LogP contribution >= 0.6 is 0 Å². The molecule has 3 aromatic rings. The SMILES string of the molecule is O=C(NCC(=O)N1CCOCC1)c1ccc(S(=O)(=O)N(C(=O)c2ccccc2)c2ccccc2)cc1. The fourth-order valence-corrected chi connectivity index (χ4v) is 5.11. The van der Waals surface area contributed by atoms with Gasteiger partial charge in [-0.25, -0.2) is 8.42 Å². The Morgan fingerprint density at radius 2 is 1.39 bits per heavy atom. The maximum absolute atomic E-state index is 13.6. The second-order valence-electron chi connectivity index (χ2n) is 7.98. The van der Waals surface area contributed by atoms with Crippen LogP contribution in [0.4, 0.5) is 5.69 Å². The molecule has 1 N–H and O–H groups in total. The predicted molar refractivity (Wildman–Crippen MR) is 133 cm³/mol. The Hall–Kier alpha value is -4.02. The van der Waals surface area contributed by atoms with Crippen LogP contribution < -0.4 is 9.62 Å². The molecule has 0 bridgehead atoms. The third kappa shape index (κ3) is 5.61. The van der Waals surface area contributed by atoms with Crippen LogP contribution in [0.1, 0.15) is 20.7 Å². The van der Waals surface area contributed by atoms with Crippen LogP contribution in [0.25, 0.3) is 0 Å². The summed E-state index contributed by atoms with van der Waals surface area (Å²) in [7, 11) is -4.30. The molecular formula is C26H25N3O6S. The molecule has 1 fully saturated rings. The highest BCUT2D eigenvalue weighted by atomic mass is 32.2. The second kappa shape index (κ2) is 11.1. The maximum Gasteiger partial charge on any atom is 0.272 e. The molecule has 3 aromatic carbocycles. The molecule has 0 atom stereocenters. The van der Waals surface area contributed by atoms with Crippen molar-refractivity contribution in [2.75, 3.05) is 37.2 Å². The minimum absolute atomic E-state index is 0.156. The van der Waals surface area contributed by atoms with Crippen LogP contribution in [0.15, 0.2) is 89.8 Å². The minimum atomic E-state index is -4.30. The Kier molecular flexibility index (Phi) is 7.77. The molecule has 0 unspecified atom stereocenters. The number of anilines is 1. The first kappa shape index (κ1) is 25.1. The van der Waals surface area contributed by atoms with Gasteiger partial charge < -0.3 is 15.0 Å². The van der Waals surface area contributed by atoms with Crippen molar-refractivity contribution in [3.05, 3.63) is 96.1 Å². The number of para-hydroxylation sites is 1. The zero-order valence-electron chi connectivity index (χ0n) is 19.4. The first-order valence-electron chi connectivity index (χ1n) is 11.3. The molecule has 4 rings (SSSR count). The number of nitrogens with zero attached hydrogens (tertiary/aromatic N) is 2. The van der Waals surface area contributed by atoms with Crippen molar-refractivity contribution in [3.63, 3.8) is 0 Å². The Balaban J connectivity index is 1.53. The molecule has 186 valence electrons. The van der Waals surface area contributed by atoms with Crippen LogP contribution in [0, 0.1) is 0 Å². The van der Waals surface area contributed by atoms with E-state index >= 15 is 0 Å². The number of amides is 3. The van der Waals surface area contributed by atoms with Gasteiger partial charge in [0.05, 0.1) is 30.3 Å². The molecule has 0 aliphatic carbocycles. The van der Waals surface area contributed by atoms with E-state index in [1.54, 1.807) is 53.4 Å². The summed E-state index contributed by atoms with van der Waals surface area (Å²) in [5, 5.41) is 2.56. The molecule has 10 heteroatoms. The number of hydrogen-bond donors (Lipinski definition) is 1. The highest BCUT2D eigenvalue weighted by molar-refractivity contribution is 7.93. The lowest BCUT2D eigenvalue weighted by Crippen LogP contribution is -2.45. The third-order valence-corrected chi connectivity index (χ3v) is 7.34. The molecule has 9 nitrogen and oxygen atoms in total. The zero-order valence-corrected chi connectivity index (χ0v) is 20.2. The number of rotatable bonds is 7. The maximum atomic E-state index is 13.6. The molecule has 0 radical (unpaired) electrons. The average molecular weight is 508 g/mol. The Morgan fingerprint density at radius 3 is 2.00 bits per heavy atom. The van der Waals surface area contributed by atoms with E-state index in [1.807, 2.05) is 0 Å².